The lowest BCUT2D eigenvalue weighted by Gasteiger charge is -2.36. The van der Waals surface area contributed by atoms with Gasteiger partial charge in [0.15, 0.2) is 0 Å². The maximum atomic E-state index is 11.6. The molecule has 20 heavy (non-hydrogen) atoms. The molecule has 2 heterocycles. The van der Waals surface area contributed by atoms with Gasteiger partial charge in [0.05, 0.1) is 5.92 Å². The molecule has 1 atom stereocenters. The van der Waals surface area contributed by atoms with Crippen LogP contribution >= 0.6 is 0 Å². The summed E-state index contributed by atoms with van der Waals surface area (Å²) < 4.78 is 5.43. The monoisotopic (exact) mass is 275 g/mol. The summed E-state index contributed by atoms with van der Waals surface area (Å²) in [7, 11) is 0. The van der Waals surface area contributed by atoms with Crippen molar-refractivity contribution in [3.8, 4) is 0 Å². The van der Waals surface area contributed by atoms with Crippen LogP contribution in [0.5, 0.6) is 0 Å². The van der Waals surface area contributed by atoms with Crippen molar-refractivity contribution in [1.29, 1.82) is 0 Å². The molecule has 2 fully saturated rings. The molecule has 0 radical (unpaired) electrons. The quantitative estimate of drug-likeness (QED) is 0.916. The first kappa shape index (κ1) is 13.6. The normalized spacial score (nSPS) is 25.9. The molecule has 1 spiro atoms. The fraction of sp³-hybridized carbons (Fsp3) is 0.562. The molecule has 2 saturated heterocycles. The van der Waals surface area contributed by atoms with Gasteiger partial charge in [0.25, 0.3) is 0 Å². The Morgan fingerprint density at radius 2 is 2.00 bits per heavy atom. The summed E-state index contributed by atoms with van der Waals surface area (Å²) in [4.78, 5) is 13.9. The number of likely N-dealkylation sites (tertiary alicyclic amines) is 1. The summed E-state index contributed by atoms with van der Waals surface area (Å²) in [5.41, 5.74) is 1.17. The van der Waals surface area contributed by atoms with E-state index in [1.54, 1.807) is 0 Å². The minimum absolute atomic E-state index is 0.0845. The van der Waals surface area contributed by atoms with E-state index in [2.05, 4.69) is 17.0 Å². The second-order valence-corrected chi connectivity index (χ2v) is 6.02. The van der Waals surface area contributed by atoms with Gasteiger partial charge in [-0.25, -0.2) is 0 Å². The third-order valence-electron chi connectivity index (χ3n) is 4.75. The van der Waals surface area contributed by atoms with Gasteiger partial charge in [0, 0.05) is 38.3 Å². The summed E-state index contributed by atoms with van der Waals surface area (Å²) in [5.74, 6) is -0.905. The van der Waals surface area contributed by atoms with Crippen LogP contribution in [0.15, 0.2) is 30.3 Å². The standard InChI is InChI=1S/C16H21NO3/c18-15(19)14-11-17(10-13-4-2-1-3-5-13)12-16(14)6-8-20-9-7-16/h1-5,14H,6-12H2,(H,18,19). The number of carbonyl (C=O) groups is 1. The number of rotatable bonds is 3. The summed E-state index contributed by atoms with van der Waals surface area (Å²) in [6, 6.07) is 10.3. The molecule has 1 N–H and O–H groups in total. The first-order valence-electron chi connectivity index (χ1n) is 7.26. The van der Waals surface area contributed by atoms with Crippen LogP contribution in [0.1, 0.15) is 18.4 Å². The minimum atomic E-state index is -0.650. The Morgan fingerprint density at radius 1 is 1.30 bits per heavy atom. The Morgan fingerprint density at radius 3 is 2.65 bits per heavy atom. The molecule has 1 aromatic carbocycles. The maximum Gasteiger partial charge on any atom is 0.308 e. The van der Waals surface area contributed by atoms with E-state index < -0.39 is 5.97 Å². The van der Waals surface area contributed by atoms with Crippen molar-refractivity contribution >= 4 is 5.97 Å². The predicted octanol–water partition coefficient (Wildman–Crippen LogP) is 2.00. The molecule has 3 rings (SSSR count). The van der Waals surface area contributed by atoms with E-state index in [9.17, 15) is 9.90 Å². The van der Waals surface area contributed by atoms with Gasteiger partial charge in [-0.3, -0.25) is 9.69 Å². The molecule has 2 aliphatic rings. The second-order valence-electron chi connectivity index (χ2n) is 6.02. The Labute approximate surface area is 119 Å². The van der Waals surface area contributed by atoms with E-state index in [0.29, 0.717) is 19.8 Å². The average molecular weight is 275 g/mol. The highest BCUT2D eigenvalue weighted by Crippen LogP contribution is 2.44. The Kier molecular flexibility index (Phi) is 3.76. The van der Waals surface area contributed by atoms with Gasteiger partial charge >= 0.3 is 5.97 Å². The molecular weight excluding hydrogens is 254 g/mol. The first-order chi connectivity index (χ1) is 9.70. The number of ether oxygens (including phenoxy) is 1. The van der Waals surface area contributed by atoms with E-state index in [-0.39, 0.29) is 11.3 Å². The van der Waals surface area contributed by atoms with Crippen molar-refractivity contribution in [1.82, 2.24) is 4.90 Å². The highest BCUT2D eigenvalue weighted by molar-refractivity contribution is 5.72. The summed E-state index contributed by atoms with van der Waals surface area (Å²) in [6.07, 6.45) is 1.74. The zero-order valence-electron chi connectivity index (χ0n) is 11.6. The maximum absolute atomic E-state index is 11.6. The van der Waals surface area contributed by atoms with Gasteiger partial charge in [-0.2, -0.15) is 0 Å². The topological polar surface area (TPSA) is 49.8 Å². The van der Waals surface area contributed by atoms with Gasteiger partial charge in [0.2, 0.25) is 0 Å². The summed E-state index contributed by atoms with van der Waals surface area (Å²) >= 11 is 0. The molecule has 1 aromatic rings. The lowest BCUT2D eigenvalue weighted by molar-refractivity contribution is -0.146. The van der Waals surface area contributed by atoms with Crippen LogP contribution in [0.2, 0.25) is 0 Å². The number of hydrogen-bond acceptors (Lipinski definition) is 3. The number of carboxylic acid groups (broad SMARTS) is 1. The largest absolute Gasteiger partial charge is 0.481 e. The van der Waals surface area contributed by atoms with Crippen molar-refractivity contribution in [3.63, 3.8) is 0 Å². The number of hydrogen-bond donors (Lipinski definition) is 1. The fourth-order valence-corrected chi connectivity index (χ4v) is 3.66. The predicted molar refractivity (Wildman–Crippen MR) is 75.3 cm³/mol. The van der Waals surface area contributed by atoms with Crippen molar-refractivity contribution in [2.45, 2.75) is 19.4 Å². The van der Waals surface area contributed by atoms with Crippen LogP contribution in [0.25, 0.3) is 0 Å². The Hall–Kier alpha value is -1.39. The van der Waals surface area contributed by atoms with Crippen LogP contribution in [-0.2, 0) is 16.1 Å². The summed E-state index contributed by atoms with van der Waals surface area (Å²) in [5, 5.41) is 9.55. The second kappa shape index (κ2) is 5.54. The number of nitrogens with zero attached hydrogens (tertiary/aromatic N) is 1. The third kappa shape index (κ3) is 2.58. The zero-order valence-corrected chi connectivity index (χ0v) is 11.6. The lowest BCUT2D eigenvalue weighted by Crippen LogP contribution is -2.40. The number of benzene rings is 1. The molecule has 4 nitrogen and oxygen atoms in total. The van der Waals surface area contributed by atoms with Crippen LogP contribution in [0.4, 0.5) is 0 Å². The average Bonchev–Trinajstić information content (AvgIpc) is 2.79. The zero-order chi connectivity index (χ0) is 14.0. The molecular formula is C16H21NO3. The van der Waals surface area contributed by atoms with Crippen molar-refractivity contribution in [2.24, 2.45) is 11.3 Å². The van der Waals surface area contributed by atoms with E-state index in [1.165, 1.54) is 5.56 Å². The molecule has 1 unspecified atom stereocenters. The van der Waals surface area contributed by atoms with E-state index >= 15 is 0 Å². The highest BCUT2D eigenvalue weighted by atomic mass is 16.5. The number of carboxylic acids is 1. The van der Waals surface area contributed by atoms with Gasteiger partial charge in [-0.15, -0.1) is 0 Å². The number of aliphatic carboxylic acids is 1. The van der Waals surface area contributed by atoms with Crippen molar-refractivity contribution in [2.75, 3.05) is 26.3 Å². The molecule has 0 aromatic heterocycles. The smallest absolute Gasteiger partial charge is 0.308 e. The van der Waals surface area contributed by atoms with E-state index in [0.717, 1.165) is 25.9 Å². The van der Waals surface area contributed by atoms with Gasteiger partial charge < -0.3 is 9.84 Å². The Bertz CT molecular complexity index is 468. The van der Waals surface area contributed by atoms with E-state index in [1.807, 2.05) is 18.2 Å². The van der Waals surface area contributed by atoms with Crippen molar-refractivity contribution < 1.29 is 14.6 Å². The van der Waals surface area contributed by atoms with Crippen LogP contribution < -0.4 is 0 Å². The highest BCUT2D eigenvalue weighted by Gasteiger charge is 2.50. The van der Waals surface area contributed by atoms with Crippen molar-refractivity contribution in [3.05, 3.63) is 35.9 Å². The third-order valence-corrected chi connectivity index (χ3v) is 4.75. The van der Waals surface area contributed by atoms with Crippen LogP contribution in [0.3, 0.4) is 0 Å². The van der Waals surface area contributed by atoms with E-state index in [4.69, 9.17) is 4.74 Å². The first-order valence-corrected chi connectivity index (χ1v) is 7.26. The molecule has 0 saturated carbocycles. The van der Waals surface area contributed by atoms with Gasteiger partial charge in [0.1, 0.15) is 0 Å². The minimum Gasteiger partial charge on any atom is -0.481 e. The molecule has 0 bridgehead atoms. The molecule has 4 heteroatoms. The Balaban J connectivity index is 1.74. The fourth-order valence-electron chi connectivity index (χ4n) is 3.66. The lowest BCUT2D eigenvalue weighted by atomic mass is 9.72. The van der Waals surface area contributed by atoms with Gasteiger partial charge in [-0.1, -0.05) is 30.3 Å². The molecule has 2 aliphatic heterocycles. The summed E-state index contributed by atoms with van der Waals surface area (Å²) in [6.45, 7) is 3.77. The molecule has 0 aliphatic carbocycles. The molecule has 0 amide bonds. The van der Waals surface area contributed by atoms with Crippen LogP contribution in [0, 0.1) is 11.3 Å². The van der Waals surface area contributed by atoms with Gasteiger partial charge in [-0.05, 0) is 18.4 Å². The van der Waals surface area contributed by atoms with Crippen LogP contribution in [-0.4, -0.2) is 42.3 Å². The SMILES string of the molecule is O=C(O)C1CN(Cc2ccccc2)CC12CCOCC2. The molecule has 108 valence electrons.